The molecule has 0 aromatic heterocycles. The summed E-state index contributed by atoms with van der Waals surface area (Å²) in [5, 5.41) is 0. The van der Waals surface area contributed by atoms with E-state index in [0.717, 1.165) is 68.2 Å². The van der Waals surface area contributed by atoms with Gasteiger partial charge in [0.1, 0.15) is 0 Å². The second-order valence-electron chi connectivity index (χ2n) is 5.86. The summed E-state index contributed by atoms with van der Waals surface area (Å²) in [5.74, 6) is -0.197. The standard InChI is InChI=1S/C19H31NO2/c1-4-7-10-15-16(11-8-5-2)18(20)13-12-17(15)19(21)22-14-9-6-3/h12-13H,4-11,14,20H2,1-3H3. The fourth-order valence-electron chi connectivity index (χ4n) is 2.58. The minimum atomic E-state index is -0.197. The van der Waals surface area contributed by atoms with Crippen LogP contribution in [-0.4, -0.2) is 12.6 Å². The fraction of sp³-hybridized carbons (Fsp3) is 0.632. The van der Waals surface area contributed by atoms with E-state index < -0.39 is 0 Å². The van der Waals surface area contributed by atoms with Gasteiger partial charge in [0.05, 0.1) is 12.2 Å². The highest BCUT2D eigenvalue weighted by molar-refractivity contribution is 5.92. The Morgan fingerprint density at radius 3 is 2.14 bits per heavy atom. The molecule has 2 N–H and O–H groups in total. The van der Waals surface area contributed by atoms with E-state index in [1.54, 1.807) is 0 Å². The molecule has 0 bridgehead atoms. The van der Waals surface area contributed by atoms with Crippen molar-refractivity contribution in [3.8, 4) is 0 Å². The van der Waals surface area contributed by atoms with Gasteiger partial charge < -0.3 is 10.5 Å². The number of rotatable bonds is 10. The van der Waals surface area contributed by atoms with E-state index in [4.69, 9.17) is 10.5 Å². The molecule has 0 radical (unpaired) electrons. The van der Waals surface area contributed by atoms with Crippen molar-refractivity contribution in [1.29, 1.82) is 0 Å². The van der Waals surface area contributed by atoms with Crippen LogP contribution in [0, 0.1) is 0 Å². The smallest absolute Gasteiger partial charge is 0.338 e. The molecule has 1 aromatic rings. The quantitative estimate of drug-likeness (QED) is 0.379. The summed E-state index contributed by atoms with van der Waals surface area (Å²) in [5.41, 5.74) is 9.96. The van der Waals surface area contributed by atoms with E-state index in [-0.39, 0.29) is 5.97 Å². The molecule has 3 heteroatoms. The number of nitrogen functional groups attached to an aromatic ring is 1. The van der Waals surface area contributed by atoms with Gasteiger partial charge in [-0.1, -0.05) is 40.0 Å². The average molecular weight is 305 g/mol. The van der Waals surface area contributed by atoms with Gasteiger partial charge >= 0.3 is 5.97 Å². The molecule has 0 aliphatic rings. The van der Waals surface area contributed by atoms with E-state index in [1.165, 1.54) is 0 Å². The van der Waals surface area contributed by atoms with Crippen LogP contribution in [0.15, 0.2) is 12.1 Å². The van der Waals surface area contributed by atoms with Crippen LogP contribution < -0.4 is 5.73 Å². The third-order valence-corrected chi connectivity index (χ3v) is 3.98. The van der Waals surface area contributed by atoms with Gasteiger partial charge in [-0.25, -0.2) is 4.79 Å². The zero-order valence-electron chi connectivity index (χ0n) is 14.4. The number of unbranched alkanes of at least 4 members (excludes halogenated alkanes) is 3. The predicted molar refractivity (Wildman–Crippen MR) is 93.3 cm³/mol. The molecule has 0 saturated heterocycles. The molecule has 1 aromatic carbocycles. The lowest BCUT2D eigenvalue weighted by atomic mass is 9.92. The first kappa shape index (κ1) is 18.5. The number of anilines is 1. The number of ether oxygens (including phenoxy) is 1. The molecule has 0 unspecified atom stereocenters. The number of hydrogen-bond donors (Lipinski definition) is 1. The Kier molecular flexibility index (Phi) is 8.64. The minimum Gasteiger partial charge on any atom is -0.462 e. The van der Waals surface area contributed by atoms with E-state index in [0.29, 0.717) is 12.2 Å². The van der Waals surface area contributed by atoms with Crippen LogP contribution in [0.3, 0.4) is 0 Å². The second-order valence-corrected chi connectivity index (χ2v) is 5.86. The Morgan fingerprint density at radius 2 is 1.55 bits per heavy atom. The van der Waals surface area contributed by atoms with Crippen LogP contribution >= 0.6 is 0 Å². The normalized spacial score (nSPS) is 10.7. The highest BCUT2D eigenvalue weighted by atomic mass is 16.5. The molecule has 3 nitrogen and oxygen atoms in total. The lowest BCUT2D eigenvalue weighted by Crippen LogP contribution is -2.13. The zero-order chi connectivity index (χ0) is 16.4. The summed E-state index contributed by atoms with van der Waals surface area (Å²) in [7, 11) is 0. The van der Waals surface area contributed by atoms with Gasteiger partial charge in [-0.05, 0) is 55.4 Å². The van der Waals surface area contributed by atoms with Gasteiger partial charge in [-0.2, -0.15) is 0 Å². The molecule has 0 saturated carbocycles. The number of nitrogens with two attached hydrogens (primary N) is 1. The monoisotopic (exact) mass is 305 g/mol. The van der Waals surface area contributed by atoms with Crippen molar-refractivity contribution in [1.82, 2.24) is 0 Å². The Morgan fingerprint density at radius 1 is 0.955 bits per heavy atom. The highest BCUT2D eigenvalue weighted by Crippen LogP contribution is 2.26. The summed E-state index contributed by atoms with van der Waals surface area (Å²) in [6, 6.07) is 3.70. The molecule has 0 aliphatic carbocycles. The van der Waals surface area contributed by atoms with E-state index >= 15 is 0 Å². The first-order valence-electron chi connectivity index (χ1n) is 8.72. The third-order valence-electron chi connectivity index (χ3n) is 3.98. The second kappa shape index (κ2) is 10.3. The fourth-order valence-corrected chi connectivity index (χ4v) is 2.58. The van der Waals surface area contributed by atoms with Gasteiger partial charge in [0.2, 0.25) is 0 Å². The van der Waals surface area contributed by atoms with Gasteiger partial charge in [-0.3, -0.25) is 0 Å². The molecule has 0 aliphatic heterocycles. The first-order chi connectivity index (χ1) is 10.7. The lowest BCUT2D eigenvalue weighted by Gasteiger charge is -2.16. The van der Waals surface area contributed by atoms with Crippen LogP contribution in [0.25, 0.3) is 0 Å². The summed E-state index contributed by atoms with van der Waals surface area (Å²) in [4.78, 5) is 12.4. The number of carbonyl (C=O) groups excluding carboxylic acids is 1. The van der Waals surface area contributed by atoms with Gasteiger partial charge in [0, 0.05) is 5.69 Å². The molecular weight excluding hydrogens is 274 g/mol. The van der Waals surface area contributed by atoms with Crippen LogP contribution in [-0.2, 0) is 17.6 Å². The van der Waals surface area contributed by atoms with E-state index in [2.05, 4.69) is 20.8 Å². The van der Waals surface area contributed by atoms with Crippen LogP contribution in [0.1, 0.15) is 80.8 Å². The van der Waals surface area contributed by atoms with Crippen molar-refractivity contribution >= 4 is 11.7 Å². The lowest BCUT2D eigenvalue weighted by molar-refractivity contribution is 0.0498. The maximum Gasteiger partial charge on any atom is 0.338 e. The predicted octanol–water partition coefficient (Wildman–Crippen LogP) is 4.91. The Hall–Kier alpha value is -1.51. The maximum absolute atomic E-state index is 12.4. The number of hydrogen-bond acceptors (Lipinski definition) is 3. The molecule has 124 valence electrons. The SMILES string of the molecule is CCCCOC(=O)c1ccc(N)c(CCCC)c1CCCC. The molecule has 1 rings (SSSR count). The maximum atomic E-state index is 12.4. The van der Waals surface area contributed by atoms with Gasteiger partial charge in [-0.15, -0.1) is 0 Å². The molecule has 0 atom stereocenters. The molecule has 0 amide bonds. The molecule has 0 heterocycles. The molecular formula is C19H31NO2. The summed E-state index contributed by atoms with van der Waals surface area (Å²) in [6.07, 6.45) is 8.17. The van der Waals surface area contributed by atoms with Crippen molar-refractivity contribution in [3.05, 3.63) is 28.8 Å². The first-order valence-corrected chi connectivity index (χ1v) is 8.72. The van der Waals surface area contributed by atoms with Gasteiger partial charge in [0.25, 0.3) is 0 Å². The van der Waals surface area contributed by atoms with Crippen molar-refractivity contribution in [2.75, 3.05) is 12.3 Å². The molecule has 22 heavy (non-hydrogen) atoms. The van der Waals surface area contributed by atoms with Crippen molar-refractivity contribution in [2.24, 2.45) is 0 Å². The minimum absolute atomic E-state index is 0.197. The number of esters is 1. The summed E-state index contributed by atoms with van der Waals surface area (Å²) in [6.45, 7) is 6.92. The van der Waals surface area contributed by atoms with Crippen LogP contribution in [0.5, 0.6) is 0 Å². The van der Waals surface area contributed by atoms with Crippen molar-refractivity contribution < 1.29 is 9.53 Å². The van der Waals surface area contributed by atoms with Crippen molar-refractivity contribution in [2.45, 2.75) is 72.1 Å². The summed E-state index contributed by atoms with van der Waals surface area (Å²) >= 11 is 0. The van der Waals surface area contributed by atoms with Gasteiger partial charge in [0.15, 0.2) is 0 Å². The molecule has 0 fully saturated rings. The average Bonchev–Trinajstić information content (AvgIpc) is 2.52. The highest BCUT2D eigenvalue weighted by Gasteiger charge is 2.17. The molecule has 0 spiro atoms. The topological polar surface area (TPSA) is 52.3 Å². The zero-order valence-corrected chi connectivity index (χ0v) is 14.4. The Labute approximate surface area is 135 Å². The largest absolute Gasteiger partial charge is 0.462 e. The third kappa shape index (κ3) is 5.36. The van der Waals surface area contributed by atoms with Crippen LogP contribution in [0.4, 0.5) is 5.69 Å². The Bertz CT molecular complexity index is 469. The van der Waals surface area contributed by atoms with Crippen LogP contribution in [0.2, 0.25) is 0 Å². The van der Waals surface area contributed by atoms with E-state index in [1.807, 2.05) is 12.1 Å². The van der Waals surface area contributed by atoms with E-state index in [9.17, 15) is 4.79 Å². The summed E-state index contributed by atoms with van der Waals surface area (Å²) < 4.78 is 5.41. The number of benzene rings is 1. The number of carbonyl (C=O) groups is 1. The van der Waals surface area contributed by atoms with Crippen molar-refractivity contribution in [3.63, 3.8) is 0 Å². The Balaban J connectivity index is 3.04.